The van der Waals surface area contributed by atoms with Crippen LogP contribution in [0.1, 0.15) is 13.8 Å². The summed E-state index contributed by atoms with van der Waals surface area (Å²) in [4.78, 5) is 16.5. The number of nitrogens with one attached hydrogen (secondary N) is 1. The minimum atomic E-state index is -0.275. The third-order valence-electron chi connectivity index (χ3n) is 3.62. The number of nitrogens with zero attached hydrogens (tertiary/aromatic N) is 1. The molecule has 1 aromatic carbocycles. The fraction of sp³-hybridized carbons (Fsp3) is 0.375. The van der Waals surface area contributed by atoms with Crippen LogP contribution < -0.4 is 20.5 Å². The molecule has 2 rings (SSSR count). The second kappa shape index (κ2) is 8.86. The monoisotopic (exact) mass is 371 g/mol. The number of benzene rings is 1. The first kappa shape index (κ1) is 20.2. The van der Waals surface area contributed by atoms with Gasteiger partial charge in [0.15, 0.2) is 16.6 Å². The van der Waals surface area contributed by atoms with Crippen LogP contribution in [0.3, 0.4) is 0 Å². The van der Waals surface area contributed by atoms with E-state index in [1.54, 1.807) is 28.1 Å². The van der Waals surface area contributed by atoms with Crippen molar-refractivity contribution in [1.82, 2.24) is 4.98 Å². The number of amides is 1. The zero-order valence-corrected chi connectivity index (χ0v) is 15.7. The number of ether oxygens (including phenoxy) is 2. The lowest BCUT2D eigenvalue weighted by atomic mass is 10.0. The smallest absolute Gasteiger partial charge is 0.230 e. The molecule has 0 bridgehead atoms. The van der Waals surface area contributed by atoms with Crippen molar-refractivity contribution < 1.29 is 14.3 Å². The van der Waals surface area contributed by atoms with Gasteiger partial charge in [-0.15, -0.1) is 23.7 Å². The molecule has 1 heterocycles. The lowest BCUT2D eigenvalue weighted by molar-refractivity contribution is -0.119. The molecule has 0 aliphatic rings. The molecule has 0 saturated heterocycles. The Morgan fingerprint density at radius 3 is 2.50 bits per heavy atom. The van der Waals surface area contributed by atoms with Gasteiger partial charge in [-0.05, 0) is 25.1 Å². The van der Waals surface area contributed by atoms with Crippen LogP contribution in [0.4, 0.5) is 5.13 Å². The number of anilines is 1. The predicted octanol–water partition coefficient (Wildman–Crippen LogP) is 3.17. The number of carbonyl (C=O) groups excluding carboxylic acids is 1. The lowest BCUT2D eigenvalue weighted by Crippen LogP contribution is -2.34. The molecule has 1 amide bonds. The predicted molar refractivity (Wildman–Crippen MR) is 99.3 cm³/mol. The van der Waals surface area contributed by atoms with Crippen LogP contribution in [0.2, 0.25) is 0 Å². The minimum absolute atomic E-state index is 0. The summed E-state index contributed by atoms with van der Waals surface area (Å²) in [7, 11) is 3.18. The number of methoxy groups -OCH3 is 2. The van der Waals surface area contributed by atoms with E-state index in [-0.39, 0.29) is 30.3 Å². The summed E-state index contributed by atoms with van der Waals surface area (Å²) in [5.41, 5.74) is 7.39. The Hall–Kier alpha value is -1.83. The van der Waals surface area contributed by atoms with Crippen molar-refractivity contribution in [2.45, 2.75) is 19.9 Å². The largest absolute Gasteiger partial charge is 0.493 e. The quantitative estimate of drug-likeness (QED) is 0.814. The van der Waals surface area contributed by atoms with Crippen LogP contribution >= 0.6 is 23.7 Å². The molecule has 0 fully saturated rings. The zero-order valence-electron chi connectivity index (χ0n) is 14.0. The molecule has 24 heavy (non-hydrogen) atoms. The van der Waals surface area contributed by atoms with Crippen molar-refractivity contribution in [3.05, 3.63) is 23.6 Å². The van der Waals surface area contributed by atoms with Gasteiger partial charge in [0.25, 0.3) is 0 Å². The Balaban J connectivity index is 0.00000288. The minimum Gasteiger partial charge on any atom is -0.493 e. The topological polar surface area (TPSA) is 86.5 Å². The van der Waals surface area contributed by atoms with Crippen molar-refractivity contribution in [2.24, 2.45) is 11.7 Å². The fourth-order valence-corrected chi connectivity index (χ4v) is 2.64. The van der Waals surface area contributed by atoms with Crippen molar-refractivity contribution in [3.63, 3.8) is 0 Å². The lowest BCUT2D eigenvalue weighted by Gasteiger charge is -2.13. The van der Waals surface area contributed by atoms with Gasteiger partial charge in [0.05, 0.1) is 25.8 Å². The van der Waals surface area contributed by atoms with Crippen molar-refractivity contribution >= 4 is 34.8 Å². The van der Waals surface area contributed by atoms with Gasteiger partial charge >= 0.3 is 0 Å². The van der Waals surface area contributed by atoms with Gasteiger partial charge in [0, 0.05) is 17.0 Å². The average molecular weight is 372 g/mol. The summed E-state index contributed by atoms with van der Waals surface area (Å²) in [6.45, 7) is 3.60. The number of thiazole rings is 1. The summed E-state index contributed by atoms with van der Waals surface area (Å²) in [6, 6.07) is 5.36. The Morgan fingerprint density at radius 1 is 1.25 bits per heavy atom. The van der Waals surface area contributed by atoms with Gasteiger partial charge in [-0.2, -0.15) is 0 Å². The van der Waals surface area contributed by atoms with E-state index in [0.717, 1.165) is 11.3 Å². The molecule has 0 spiro atoms. The van der Waals surface area contributed by atoms with Crippen LogP contribution in [0, 0.1) is 5.92 Å². The highest BCUT2D eigenvalue weighted by Gasteiger charge is 2.18. The molecule has 0 saturated carbocycles. The van der Waals surface area contributed by atoms with E-state index in [1.807, 2.05) is 23.6 Å². The fourth-order valence-electron chi connectivity index (χ4n) is 1.92. The normalized spacial score (nSPS) is 12.7. The standard InChI is InChI=1S/C16H21N3O3S.ClH/c1-9(10(2)17)15(20)19-16-18-12(8-23-16)11-5-6-13(21-3)14(7-11)22-4;/h5-10H,17H2,1-4H3,(H,18,19,20);1H. The maximum absolute atomic E-state index is 12.0. The van der Waals surface area contributed by atoms with E-state index in [2.05, 4.69) is 10.3 Å². The molecular formula is C16H22ClN3O3S. The molecule has 3 N–H and O–H groups in total. The summed E-state index contributed by atoms with van der Waals surface area (Å²) in [6.07, 6.45) is 0. The van der Waals surface area contributed by atoms with Crippen molar-refractivity contribution in [3.8, 4) is 22.8 Å². The maximum atomic E-state index is 12.0. The van der Waals surface area contributed by atoms with Crippen LogP contribution in [0.15, 0.2) is 23.6 Å². The van der Waals surface area contributed by atoms with Crippen LogP contribution in [-0.2, 0) is 4.79 Å². The first-order chi connectivity index (χ1) is 11.0. The molecule has 0 aliphatic carbocycles. The van der Waals surface area contributed by atoms with E-state index < -0.39 is 0 Å². The summed E-state index contributed by atoms with van der Waals surface area (Å²) in [5.74, 6) is 0.886. The number of hydrogen-bond donors (Lipinski definition) is 2. The highest BCUT2D eigenvalue weighted by atomic mass is 35.5. The highest BCUT2D eigenvalue weighted by molar-refractivity contribution is 7.14. The van der Waals surface area contributed by atoms with Gasteiger partial charge in [0.1, 0.15) is 0 Å². The van der Waals surface area contributed by atoms with Gasteiger partial charge in [-0.1, -0.05) is 6.92 Å². The van der Waals surface area contributed by atoms with Gasteiger partial charge < -0.3 is 20.5 Å². The number of nitrogens with two attached hydrogens (primary N) is 1. The van der Waals surface area contributed by atoms with E-state index >= 15 is 0 Å². The Morgan fingerprint density at radius 2 is 1.92 bits per heavy atom. The Bertz CT molecular complexity index is 691. The number of rotatable bonds is 6. The summed E-state index contributed by atoms with van der Waals surface area (Å²) >= 11 is 1.37. The highest BCUT2D eigenvalue weighted by Crippen LogP contribution is 2.33. The average Bonchev–Trinajstić information content (AvgIpc) is 3.01. The molecule has 0 radical (unpaired) electrons. The third-order valence-corrected chi connectivity index (χ3v) is 4.37. The molecule has 0 aliphatic heterocycles. The van der Waals surface area contributed by atoms with E-state index in [1.165, 1.54) is 11.3 Å². The zero-order chi connectivity index (χ0) is 17.0. The van der Waals surface area contributed by atoms with Crippen molar-refractivity contribution in [1.29, 1.82) is 0 Å². The molecule has 8 heteroatoms. The first-order valence-electron chi connectivity index (χ1n) is 7.20. The summed E-state index contributed by atoms with van der Waals surface area (Å²) in [5, 5.41) is 5.23. The molecular weight excluding hydrogens is 350 g/mol. The molecule has 2 atom stereocenters. The van der Waals surface area contributed by atoms with Crippen LogP contribution in [0.5, 0.6) is 11.5 Å². The van der Waals surface area contributed by atoms with E-state index in [4.69, 9.17) is 15.2 Å². The molecule has 2 aromatic rings. The van der Waals surface area contributed by atoms with Gasteiger partial charge in [-0.25, -0.2) is 4.98 Å². The third kappa shape index (κ3) is 4.59. The maximum Gasteiger partial charge on any atom is 0.230 e. The first-order valence-corrected chi connectivity index (χ1v) is 8.08. The Kier molecular flexibility index (Phi) is 7.47. The SMILES string of the molecule is COc1ccc(-c2csc(NC(=O)C(C)C(C)N)n2)cc1OC.Cl. The van der Waals surface area contributed by atoms with Crippen LogP contribution in [-0.4, -0.2) is 31.2 Å². The Labute approximate surface area is 151 Å². The number of hydrogen-bond acceptors (Lipinski definition) is 6. The molecule has 6 nitrogen and oxygen atoms in total. The second-order valence-corrected chi connectivity index (χ2v) is 6.10. The van der Waals surface area contributed by atoms with Gasteiger partial charge in [-0.3, -0.25) is 4.79 Å². The molecule has 2 unspecified atom stereocenters. The number of aromatic nitrogens is 1. The number of carbonyl (C=O) groups is 1. The van der Waals surface area contributed by atoms with Gasteiger partial charge in [0.2, 0.25) is 5.91 Å². The van der Waals surface area contributed by atoms with E-state index in [9.17, 15) is 4.79 Å². The molecule has 132 valence electrons. The van der Waals surface area contributed by atoms with Crippen molar-refractivity contribution in [2.75, 3.05) is 19.5 Å². The second-order valence-electron chi connectivity index (χ2n) is 5.24. The molecule has 1 aromatic heterocycles. The summed E-state index contributed by atoms with van der Waals surface area (Å²) < 4.78 is 10.5. The van der Waals surface area contributed by atoms with E-state index in [0.29, 0.717) is 16.6 Å². The van der Waals surface area contributed by atoms with Crippen LogP contribution in [0.25, 0.3) is 11.3 Å². The number of halogens is 1.